The predicted molar refractivity (Wildman–Crippen MR) is 79.6 cm³/mol. The summed E-state index contributed by atoms with van der Waals surface area (Å²) in [6.07, 6.45) is 0. The number of aryl methyl sites for hydroxylation is 2. The Hall–Kier alpha value is -1.72. The first-order valence-electron chi connectivity index (χ1n) is 5.90. The maximum atomic E-state index is 11.2. The van der Waals surface area contributed by atoms with E-state index < -0.39 is 9.05 Å². The molecule has 20 heavy (non-hydrogen) atoms. The van der Waals surface area contributed by atoms with E-state index in [9.17, 15) is 8.42 Å². The van der Waals surface area contributed by atoms with Crippen molar-refractivity contribution in [2.24, 2.45) is 10.2 Å². The molecule has 4 nitrogen and oxygen atoms in total. The molecule has 0 aliphatic heterocycles. The smallest absolute Gasteiger partial charge is 0.207 e. The fourth-order valence-electron chi connectivity index (χ4n) is 1.68. The topological polar surface area (TPSA) is 58.9 Å². The first-order chi connectivity index (χ1) is 9.38. The highest BCUT2D eigenvalue weighted by Crippen LogP contribution is 2.26. The minimum Gasteiger partial charge on any atom is -0.207 e. The molecule has 104 valence electrons. The van der Waals surface area contributed by atoms with E-state index in [2.05, 4.69) is 10.2 Å². The Labute approximate surface area is 122 Å². The van der Waals surface area contributed by atoms with Crippen molar-refractivity contribution in [3.8, 4) is 0 Å². The van der Waals surface area contributed by atoms with Gasteiger partial charge in [0.05, 0.1) is 16.3 Å². The molecular formula is C14H13ClN2O2S. The van der Waals surface area contributed by atoms with E-state index in [-0.39, 0.29) is 4.90 Å². The van der Waals surface area contributed by atoms with Gasteiger partial charge in [-0.25, -0.2) is 8.42 Å². The molecule has 0 bridgehead atoms. The molecule has 0 spiro atoms. The van der Waals surface area contributed by atoms with Gasteiger partial charge in [-0.3, -0.25) is 0 Å². The summed E-state index contributed by atoms with van der Waals surface area (Å²) < 4.78 is 22.5. The standard InChI is InChI=1S/C14H13ClN2O2S/c1-10-5-3-4-6-13(10)16-17-14-8-7-12(9-11(14)2)20(15,18)19/h3-9H,1-2H3/b17-16+. The normalized spacial score (nSPS) is 11.9. The van der Waals surface area contributed by atoms with Crippen LogP contribution in [0.2, 0.25) is 0 Å². The summed E-state index contributed by atoms with van der Waals surface area (Å²) in [4.78, 5) is 0.0616. The number of hydrogen-bond acceptors (Lipinski definition) is 4. The molecule has 0 atom stereocenters. The van der Waals surface area contributed by atoms with Gasteiger partial charge in [0.25, 0.3) is 9.05 Å². The van der Waals surface area contributed by atoms with Crippen LogP contribution < -0.4 is 0 Å². The van der Waals surface area contributed by atoms with Gasteiger partial charge in [0.2, 0.25) is 0 Å². The minimum atomic E-state index is -3.72. The highest BCUT2D eigenvalue weighted by atomic mass is 35.7. The average molecular weight is 309 g/mol. The van der Waals surface area contributed by atoms with Crippen LogP contribution in [0.25, 0.3) is 0 Å². The fraction of sp³-hybridized carbons (Fsp3) is 0.143. The molecule has 0 heterocycles. The minimum absolute atomic E-state index is 0.0616. The molecule has 2 rings (SSSR count). The largest absolute Gasteiger partial charge is 0.261 e. The molecule has 0 radical (unpaired) electrons. The molecule has 0 aliphatic rings. The molecular weight excluding hydrogens is 296 g/mol. The third-order valence-corrected chi connectivity index (χ3v) is 4.18. The predicted octanol–water partition coefficient (Wildman–Crippen LogP) is 4.65. The van der Waals surface area contributed by atoms with Gasteiger partial charge in [-0.1, -0.05) is 18.2 Å². The zero-order valence-corrected chi connectivity index (χ0v) is 12.6. The summed E-state index contributed by atoms with van der Waals surface area (Å²) in [5, 5.41) is 8.32. The van der Waals surface area contributed by atoms with Crippen LogP contribution in [0.4, 0.5) is 11.4 Å². The quantitative estimate of drug-likeness (QED) is 0.612. The number of halogens is 1. The third kappa shape index (κ3) is 3.43. The van der Waals surface area contributed by atoms with E-state index in [0.717, 1.165) is 11.3 Å². The van der Waals surface area contributed by atoms with Gasteiger partial charge in [0.15, 0.2) is 0 Å². The van der Waals surface area contributed by atoms with Gasteiger partial charge >= 0.3 is 0 Å². The highest BCUT2D eigenvalue weighted by Gasteiger charge is 2.11. The van der Waals surface area contributed by atoms with E-state index in [4.69, 9.17) is 10.7 Å². The number of azo groups is 1. The first-order valence-corrected chi connectivity index (χ1v) is 8.21. The Morgan fingerprint density at radius 1 is 0.900 bits per heavy atom. The van der Waals surface area contributed by atoms with Crippen LogP contribution in [-0.2, 0) is 9.05 Å². The second kappa shape index (κ2) is 5.73. The molecule has 0 amide bonds. The molecule has 0 aromatic heterocycles. The SMILES string of the molecule is Cc1ccccc1/N=N/c1ccc(S(=O)(=O)Cl)cc1C. The molecule has 0 fully saturated rings. The molecule has 2 aromatic carbocycles. The maximum Gasteiger partial charge on any atom is 0.261 e. The molecule has 0 saturated heterocycles. The summed E-state index contributed by atoms with van der Waals surface area (Å²) in [6, 6.07) is 12.1. The van der Waals surface area contributed by atoms with Crippen LogP contribution >= 0.6 is 10.7 Å². The number of benzene rings is 2. The third-order valence-electron chi connectivity index (χ3n) is 2.83. The Balaban J connectivity index is 2.34. The zero-order chi connectivity index (χ0) is 14.8. The van der Waals surface area contributed by atoms with Crippen molar-refractivity contribution in [2.75, 3.05) is 0 Å². The van der Waals surface area contributed by atoms with E-state index >= 15 is 0 Å². The lowest BCUT2D eigenvalue weighted by atomic mass is 10.2. The van der Waals surface area contributed by atoms with Crippen LogP contribution in [0, 0.1) is 13.8 Å². The van der Waals surface area contributed by atoms with Crippen molar-refractivity contribution in [2.45, 2.75) is 18.7 Å². The molecule has 0 N–H and O–H groups in total. The number of rotatable bonds is 3. The molecule has 6 heteroatoms. The zero-order valence-electron chi connectivity index (χ0n) is 11.0. The first kappa shape index (κ1) is 14.7. The summed E-state index contributed by atoms with van der Waals surface area (Å²) in [7, 11) is 1.58. The Kier molecular flexibility index (Phi) is 4.20. The number of nitrogens with zero attached hydrogens (tertiary/aromatic N) is 2. The molecule has 2 aromatic rings. The maximum absolute atomic E-state index is 11.2. The van der Waals surface area contributed by atoms with Crippen LogP contribution in [0.5, 0.6) is 0 Å². The van der Waals surface area contributed by atoms with Crippen molar-refractivity contribution in [1.29, 1.82) is 0 Å². The van der Waals surface area contributed by atoms with E-state index in [1.807, 2.05) is 31.2 Å². The van der Waals surface area contributed by atoms with Gasteiger partial charge in [-0.2, -0.15) is 10.2 Å². The van der Waals surface area contributed by atoms with E-state index in [0.29, 0.717) is 11.3 Å². The molecule has 0 saturated carbocycles. The van der Waals surface area contributed by atoms with Gasteiger partial charge in [-0.05, 0) is 49.2 Å². The van der Waals surface area contributed by atoms with Gasteiger partial charge in [0, 0.05) is 10.7 Å². The average Bonchev–Trinajstić information content (AvgIpc) is 2.38. The fourth-order valence-corrected chi connectivity index (χ4v) is 2.51. The van der Waals surface area contributed by atoms with Gasteiger partial charge in [-0.15, -0.1) is 0 Å². The van der Waals surface area contributed by atoms with Crippen LogP contribution in [0.15, 0.2) is 57.6 Å². The van der Waals surface area contributed by atoms with Crippen LogP contribution in [-0.4, -0.2) is 8.42 Å². The molecule has 0 unspecified atom stereocenters. The van der Waals surface area contributed by atoms with Crippen LogP contribution in [0.1, 0.15) is 11.1 Å². The number of hydrogen-bond donors (Lipinski definition) is 0. The second-order valence-corrected chi connectivity index (χ2v) is 6.94. The van der Waals surface area contributed by atoms with Crippen LogP contribution in [0.3, 0.4) is 0 Å². The van der Waals surface area contributed by atoms with Gasteiger partial charge < -0.3 is 0 Å². The van der Waals surface area contributed by atoms with Crippen molar-refractivity contribution in [3.63, 3.8) is 0 Å². The second-order valence-electron chi connectivity index (χ2n) is 4.37. The van der Waals surface area contributed by atoms with Crippen molar-refractivity contribution >= 4 is 31.1 Å². The van der Waals surface area contributed by atoms with Crippen molar-refractivity contribution in [1.82, 2.24) is 0 Å². The summed E-state index contributed by atoms with van der Waals surface area (Å²) in [6.45, 7) is 3.71. The van der Waals surface area contributed by atoms with E-state index in [1.54, 1.807) is 13.0 Å². The Morgan fingerprint density at radius 2 is 1.50 bits per heavy atom. The van der Waals surface area contributed by atoms with Crippen molar-refractivity contribution < 1.29 is 8.42 Å². The lowest BCUT2D eigenvalue weighted by Gasteiger charge is -2.02. The van der Waals surface area contributed by atoms with E-state index in [1.165, 1.54) is 12.1 Å². The summed E-state index contributed by atoms with van der Waals surface area (Å²) >= 11 is 0. The molecule has 0 aliphatic carbocycles. The Morgan fingerprint density at radius 3 is 2.05 bits per heavy atom. The highest BCUT2D eigenvalue weighted by molar-refractivity contribution is 8.13. The monoisotopic (exact) mass is 308 g/mol. The lowest BCUT2D eigenvalue weighted by molar-refractivity contribution is 0.609. The van der Waals surface area contributed by atoms with Crippen molar-refractivity contribution in [3.05, 3.63) is 53.6 Å². The Bertz CT molecular complexity index is 770. The summed E-state index contributed by atoms with van der Waals surface area (Å²) in [5.41, 5.74) is 3.11. The summed E-state index contributed by atoms with van der Waals surface area (Å²) in [5.74, 6) is 0. The lowest BCUT2D eigenvalue weighted by Crippen LogP contribution is -1.90. The van der Waals surface area contributed by atoms with Gasteiger partial charge in [0.1, 0.15) is 0 Å².